The molecule has 1 N–H and O–H groups in total. The molecule has 1 aromatic heterocycles. The summed E-state index contributed by atoms with van der Waals surface area (Å²) in [6, 6.07) is 10.4. The molecule has 1 nitrogen and oxygen atoms in total. The van der Waals surface area contributed by atoms with Crippen molar-refractivity contribution in [2.24, 2.45) is 0 Å². The first kappa shape index (κ1) is 13.2. The molecule has 18 heavy (non-hydrogen) atoms. The smallest absolute Gasteiger partial charge is 0.123 e. The van der Waals surface area contributed by atoms with Gasteiger partial charge in [0.15, 0.2) is 0 Å². The molecule has 1 heterocycles. The Morgan fingerprint density at radius 3 is 2.56 bits per heavy atom. The Hall–Kier alpha value is -1.19. The van der Waals surface area contributed by atoms with Crippen molar-refractivity contribution in [3.05, 3.63) is 58.0 Å². The highest BCUT2D eigenvalue weighted by Crippen LogP contribution is 2.21. The van der Waals surface area contributed by atoms with E-state index in [9.17, 15) is 9.50 Å². The van der Waals surface area contributed by atoms with Crippen LogP contribution in [0.15, 0.2) is 41.8 Å². The summed E-state index contributed by atoms with van der Waals surface area (Å²) in [6.07, 6.45) is 2.15. The van der Waals surface area contributed by atoms with Crippen LogP contribution in [0.25, 0.3) is 0 Å². The number of thiophene rings is 1. The lowest BCUT2D eigenvalue weighted by Gasteiger charge is -2.23. The van der Waals surface area contributed by atoms with E-state index in [2.05, 4.69) is 6.07 Å². The summed E-state index contributed by atoms with van der Waals surface area (Å²) in [5.74, 6) is -0.239. The Bertz CT molecular complexity index is 474. The van der Waals surface area contributed by atoms with Gasteiger partial charge in [0.05, 0.1) is 5.60 Å². The zero-order valence-corrected chi connectivity index (χ0v) is 11.2. The molecule has 2 rings (SSSR count). The highest BCUT2D eigenvalue weighted by atomic mass is 32.1. The van der Waals surface area contributed by atoms with Crippen LogP contribution in [0.4, 0.5) is 4.39 Å². The van der Waals surface area contributed by atoms with Gasteiger partial charge in [-0.1, -0.05) is 18.2 Å². The van der Waals surface area contributed by atoms with Crippen molar-refractivity contribution in [3.63, 3.8) is 0 Å². The third-order valence-electron chi connectivity index (χ3n) is 2.99. The summed E-state index contributed by atoms with van der Waals surface area (Å²) in [5.41, 5.74) is 0.217. The molecule has 0 spiro atoms. The van der Waals surface area contributed by atoms with Gasteiger partial charge in [-0.3, -0.25) is 0 Å². The molecule has 0 fully saturated rings. The molecule has 0 amide bonds. The van der Waals surface area contributed by atoms with Crippen LogP contribution in [-0.2, 0) is 12.8 Å². The monoisotopic (exact) mass is 264 g/mol. The van der Waals surface area contributed by atoms with Crippen molar-refractivity contribution in [3.8, 4) is 0 Å². The second kappa shape index (κ2) is 5.63. The number of rotatable bonds is 5. The number of hydrogen-bond donors (Lipinski definition) is 1. The van der Waals surface area contributed by atoms with Gasteiger partial charge in [-0.15, -0.1) is 11.3 Å². The van der Waals surface area contributed by atoms with Gasteiger partial charge >= 0.3 is 0 Å². The number of benzene rings is 1. The fourth-order valence-corrected chi connectivity index (χ4v) is 2.69. The standard InChI is InChI=1S/C15H17FOS/c1-15(17,9-8-14-3-2-10-18-14)11-12-4-6-13(16)7-5-12/h2-7,10,17H,8-9,11H2,1H3. The van der Waals surface area contributed by atoms with Crippen molar-refractivity contribution in [2.75, 3.05) is 0 Å². The van der Waals surface area contributed by atoms with Gasteiger partial charge in [0, 0.05) is 11.3 Å². The SMILES string of the molecule is CC(O)(CCc1cccs1)Cc1ccc(F)cc1. The molecule has 1 unspecified atom stereocenters. The van der Waals surface area contributed by atoms with Gasteiger partial charge < -0.3 is 5.11 Å². The Morgan fingerprint density at radius 2 is 1.94 bits per heavy atom. The molecule has 96 valence electrons. The number of aliphatic hydroxyl groups is 1. The third-order valence-corrected chi connectivity index (χ3v) is 3.92. The maximum Gasteiger partial charge on any atom is 0.123 e. The van der Waals surface area contributed by atoms with Crippen LogP contribution in [0, 0.1) is 5.82 Å². The van der Waals surface area contributed by atoms with E-state index in [1.165, 1.54) is 17.0 Å². The van der Waals surface area contributed by atoms with E-state index in [0.29, 0.717) is 12.8 Å². The predicted molar refractivity (Wildman–Crippen MR) is 73.4 cm³/mol. The van der Waals surface area contributed by atoms with Crippen molar-refractivity contribution in [1.29, 1.82) is 0 Å². The molecule has 0 saturated carbocycles. The molecule has 0 aliphatic rings. The van der Waals surface area contributed by atoms with Gasteiger partial charge in [0.25, 0.3) is 0 Å². The third kappa shape index (κ3) is 3.93. The van der Waals surface area contributed by atoms with E-state index >= 15 is 0 Å². The molecule has 3 heteroatoms. The molecule has 0 saturated heterocycles. The second-order valence-electron chi connectivity index (χ2n) is 4.88. The largest absolute Gasteiger partial charge is 0.390 e. The van der Waals surface area contributed by atoms with E-state index in [4.69, 9.17) is 0 Å². The zero-order valence-electron chi connectivity index (χ0n) is 10.4. The quantitative estimate of drug-likeness (QED) is 0.870. The van der Waals surface area contributed by atoms with Crippen LogP contribution in [0.1, 0.15) is 23.8 Å². The van der Waals surface area contributed by atoms with Gasteiger partial charge in [0.1, 0.15) is 5.82 Å². The lowest BCUT2D eigenvalue weighted by molar-refractivity contribution is 0.0518. The van der Waals surface area contributed by atoms with Crippen LogP contribution >= 0.6 is 11.3 Å². The molecular weight excluding hydrogens is 247 g/mol. The van der Waals surface area contributed by atoms with Crippen LogP contribution in [0.2, 0.25) is 0 Å². The highest BCUT2D eigenvalue weighted by molar-refractivity contribution is 7.09. The molecule has 0 radical (unpaired) electrons. The van der Waals surface area contributed by atoms with E-state index in [-0.39, 0.29) is 5.82 Å². The van der Waals surface area contributed by atoms with Crippen LogP contribution in [0.3, 0.4) is 0 Å². The first-order chi connectivity index (χ1) is 8.55. The van der Waals surface area contributed by atoms with Gasteiger partial charge in [-0.25, -0.2) is 4.39 Å². The van der Waals surface area contributed by atoms with Gasteiger partial charge in [-0.2, -0.15) is 0 Å². The average molecular weight is 264 g/mol. The predicted octanol–water partition coefficient (Wildman–Crippen LogP) is 3.81. The molecule has 1 aromatic carbocycles. The fourth-order valence-electron chi connectivity index (χ4n) is 1.98. The van der Waals surface area contributed by atoms with E-state index in [1.807, 2.05) is 18.4 Å². The Morgan fingerprint density at radius 1 is 1.22 bits per heavy atom. The summed E-state index contributed by atoms with van der Waals surface area (Å²) in [6.45, 7) is 1.84. The topological polar surface area (TPSA) is 20.2 Å². The summed E-state index contributed by atoms with van der Waals surface area (Å²) < 4.78 is 12.8. The second-order valence-corrected chi connectivity index (χ2v) is 5.91. The minimum Gasteiger partial charge on any atom is -0.390 e. The molecule has 0 aliphatic carbocycles. The molecule has 2 aromatic rings. The molecule has 0 bridgehead atoms. The van der Waals surface area contributed by atoms with E-state index < -0.39 is 5.60 Å². The lowest BCUT2D eigenvalue weighted by atomic mass is 9.91. The maximum absolute atomic E-state index is 12.8. The fraction of sp³-hybridized carbons (Fsp3) is 0.333. The number of halogens is 1. The first-order valence-electron chi connectivity index (χ1n) is 6.04. The van der Waals surface area contributed by atoms with Crippen LogP contribution in [-0.4, -0.2) is 10.7 Å². The Labute approximate surface area is 111 Å². The lowest BCUT2D eigenvalue weighted by Crippen LogP contribution is -2.27. The molecule has 1 atom stereocenters. The molecule has 0 aliphatic heterocycles. The zero-order chi connectivity index (χ0) is 13.0. The minimum atomic E-state index is -0.748. The Balaban J connectivity index is 1.92. The van der Waals surface area contributed by atoms with Crippen molar-refractivity contribution >= 4 is 11.3 Å². The number of hydrogen-bond acceptors (Lipinski definition) is 2. The minimum absolute atomic E-state index is 0.239. The average Bonchev–Trinajstić information content (AvgIpc) is 2.83. The van der Waals surface area contributed by atoms with Crippen molar-refractivity contribution in [1.82, 2.24) is 0 Å². The van der Waals surface area contributed by atoms with E-state index in [1.54, 1.807) is 23.5 Å². The van der Waals surface area contributed by atoms with E-state index in [0.717, 1.165) is 12.0 Å². The highest BCUT2D eigenvalue weighted by Gasteiger charge is 2.20. The summed E-state index contributed by atoms with van der Waals surface area (Å²) in [5, 5.41) is 12.4. The number of aryl methyl sites for hydroxylation is 1. The van der Waals surface area contributed by atoms with Crippen LogP contribution < -0.4 is 0 Å². The normalized spacial score (nSPS) is 14.4. The summed E-state index contributed by atoms with van der Waals surface area (Å²) >= 11 is 1.71. The van der Waals surface area contributed by atoms with Gasteiger partial charge in [0.2, 0.25) is 0 Å². The van der Waals surface area contributed by atoms with Gasteiger partial charge in [-0.05, 0) is 48.9 Å². The first-order valence-corrected chi connectivity index (χ1v) is 6.92. The Kier molecular flexibility index (Phi) is 4.15. The molecular formula is C15H17FOS. The van der Waals surface area contributed by atoms with Crippen molar-refractivity contribution < 1.29 is 9.50 Å². The van der Waals surface area contributed by atoms with Crippen LogP contribution in [0.5, 0.6) is 0 Å². The maximum atomic E-state index is 12.8. The summed E-state index contributed by atoms with van der Waals surface area (Å²) in [7, 11) is 0. The van der Waals surface area contributed by atoms with Crippen molar-refractivity contribution in [2.45, 2.75) is 31.8 Å². The summed E-state index contributed by atoms with van der Waals surface area (Å²) in [4.78, 5) is 1.29.